The molecule has 0 aliphatic carbocycles. The Balaban J connectivity index is 1.83. The summed E-state index contributed by atoms with van der Waals surface area (Å²) in [5.41, 5.74) is 0.434. The number of amides is 2. The molecule has 2 atom stereocenters. The lowest BCUT2D eigenvalue weighted by Gasteiger charge is -2.19. The first-order valence-corrected chi connectivity index (χ1v) is 6.63. The van der Waals surface area contributed by atoms with Crippen molar-refractivity contribution in [2.24, 2.45) is 0 Å². The van der Waals surface area contributed by atoms with Crippen LogP contribution >= 0.6 is 0 Å². The first kappa shape index (κ1) is 15.2. The molecule has 0 spiro atoms. The molecule has 1 aliphatic heterocycles. The van der Waals surface area contributed by atoms with Crippen LogP contribution in [0.2, 0.25) is 0 Å². The van der Waals surface area contributed by atoms with Gasteiger partial charge in [0.2, 0.25) is 0 Å². The number of aliphatic carboxylic acids is 1. The minimum atomic E-state index is -0.985. The number of halogens is 1. The highest BCUT2D eigenvalue weighted by Gasteiger charge is 2.30. The molecule has 0 bridgehead atoms. The van der Waals surface area contributed by atoms with Crippen molar-refractivity contribution in [1.29, 1.82) is 0 Å². The highest BCUT2D eigenvalue weighted by molar-refractivity contribution is 5.91. The van der Waals surface area contributed by atoms with Crippen molar-refractivity contribution in [3.63, 3.8) is 0 Å². The summed E-state index contributed by atoms with van der Waals surface area (Å²) in [4.78, 5) is 24.0. The van der Waals surface area contributed by atoms with E-state index >= 15 is 0 Å². The van der Waals surface area contributed by atoms with Crippen LogP contribution in [0.4, 0.5) is 14.9 Å². The largest absolute Gasteiger partial charge is 0.479 e. The van der Waals surface area contributed by atoms with Crippen LogP contribution in [-0.2, 0) is 9.53 Å². The van der Waals surface area contributed by atoms with E-state index < -0.39 is 23.9 Å². The van der Waals surface area contributed by atoms with E-state index in [0.29, 0.717) is 18.5 Å². The number of anilines is 1. The summed E-state index contributed by atoms with van der Waals surface area (Å²) >= 11 is 0. The van der Waals surface area contributed by atoms with Crippen molar-refractivity contribution in [2.45, 2.75) is 25.0 Å². The highest BCUT2D eigenvalue weighted by Crippen LogP contribution is 2.19. The Hall–Kier alpha value is -2.15. The average molecular weight is 296 g/mol. The van der Waals surface area contributed by atoms with E-state index in [2.05, 4.69) is 5.32 Å². The molecule has 2 unspecified atom stereocenters. The van der Waals surface area contributed by atoms with Gasteiger partial charge in [0.05, 0.1) is 6.10 Å². The maximum Gasteiger partial charge on any atom is 0.332 e. The smallest absolute Gasteiger partial charge is 0.332 e. The van der Waals surface area contributed by atoms with Gasteiger partial charge in [-0.3, -0.25) is 4.90 Å². The molecular weight excluding hydrogens is 279 g/mol. The number of ether oxygens (including phenoxy) is 1. The molecule has 114 valence electrons. The van der Waals surface area contributed by atoms with Gasteiger partial charge < -0.3 is 15.2 Å². The molecule has 1 heterocycles. The molecule has 1 saturated heterocycles. The number of carbonyl (C=O) groups excluding carboxylic acids is 1. The van der Waals surface area contributed by atoms with E-state index in [-0.39, 0.29) is 12.6 Å². The van der Waals surface area contributed by atoms with E-state index in [0.717, 1.165) is 0 Å². The third-order valence-corrected chi connectivity index (χ3v) is 3.36. The number of nitrogens with zero attached hydrogens (tertiary/aromatic N) is 1. The van der Waals surface area contributed by atoms with Gasteiger partial charge >= 0.3 is 12.0 Å². The van der Waals surface area contributed by atoms with Gasteiger partial charge in [0.15, 0.2) is 6.10 Å². The maximum atomic E-state index is 13.1. The standard InChI is InChI=1S/C14H17FN2O4/c1-17(10-4-2-3-9(15)7-10)14(20)16-8-11-5-6-12(21-11)13(18)19/h2-4,7,11-12H,5-6,8H2,1H3,(H,16,20)(H,18,19). The molecule has 21 heavy (non-hydrogen) atoms. The van der Waals surface area contributed by atoms with E-state index in [4.69, 9.17) is 9.84 Å². The molecule has 7 heteroatoms. The second kappa shape index (κ2) is 6.53. The van der Waals surface area contributed by atoms with Crippen LogP contribution in [0, 0.1) is 5.82 Å². The zero-order valence-corrected chi connectivity index (χ0v) is 11.6. The topological polar surface area (TPSA) is 78.9 Å². The van der Waals surface area contributed by atoms with Crippen LogP contribution in [0.5, 0.6) is 0 Å². The quantitative estimate of drug-likeness (QED) is 0.884. The monoisotopic (exact) mass is 296 g/mol. The molecular formula is C14H17FN2O4. The van der Waals surface area contributed by atoms with Crippen molar-refractivity contribution in [1.82, 2.24) is 5.32 Å². The van der Waals surface area contributed by atoms with Crippen LogP contribution in [0.15, 0.2) is 24.3 Å². The van der Waals surface area contributed by atoms with E-state index in [1.807, 2.05) is 0 Å². The van der Waals surface area contributed by atoms with E-state index in [1.54, 1.807) is 6.07 Å². The van der Waals surface area contributed by atoms with Crippen LogP contribution in [0.3, 0.4) is 0 Å². The Kier molecular flexibility index (Phi) is 4.74. The van der Waals surface area contributed by atoms with Gasteiger partial charge in [-0.15, -0.1) is 0 Å². The van der Waals surface area contributed by atoms with Crippen LogP contribution < -0.4 is 10.2 Å². The molecule has 0 radical (unpaired) electrons. The van der Waals surface area contributed by atoms with Crippen LogP contribution in [-0.4, -0.2) is 42.9 Å². The summed E-state index contributed by atoms with van der Waals surface area (Å²) in [5, 5.41) is 11.5. The van der Waals surface area contributed by atoms with Crippen LogP contribution in [0.1, 0.15) is 12.8 Å². The summed E-state index contributed by atoms with van der Waals surface area (Å²) in [5.74, 6) is -1.41. The third-order valence-electron chi connectivity index (χ3n) is 3.36. The summed E-state index contributed by atoms with van der Waals surface area (Å²) < 4.78 is 18.4. The van der Waals surface area contributed by atoms with Crippen molar-refractivity contribution >= 4 is 17.7 Å². The number of carboxylic acid groups (broad SMARTS) is 1. The molecule has 1 fully saturated rings. The van der Waals surface area contributed by atoms with Crippen LogP contribution in [0.25, 0.3) is 0 Å². The van der Waals surface area contributed by atoms with Gasteiger partial charge in [-0.2, -0.15) is 0 Å². The molecule has 1 aliphatic rings. The maximum absolute atomic E-state index is 13.1. The van der Waals surface area contributed by atoms with E-state index in [9.17, 15) is 14.0 Å². The normalized spacial score (nSPS) is 21.0. The Morgan fingerprint density at radius 3 is 2.86 bits per heavy atom. The Bertz CT molecular complexity index is 537. The van der Waals surface area contributed by atoms with Crippen molar-refractivity contribution < 1.29 is 23.8 Å². The minimum Gasteiger partial charge on any atom is -0.479 e. The number of benzene rings is 1. The number of hydrogen-bond donors (Lipinski definition) is 2. The summed E-state index contributed by atoms with van der Waals surface area (Å²) in [6.45, 7) is 0.224. The Morgan fingerprint density at radius 1 is 1.48 bits per heavy atom. The lowest BCUT2D eigenvalue weighted by Crippen LogP contribution is -2.41. The SMILES string of the molecule is CN(C(=O)NCC1CCC(C(=O)O)O1)c1cccc(F)c1. The number of nitrogens with one attached hydrogen (secondary N) is 1. The first-order chi connectivity index (χ1) is 9.97. The molecule has 0 saturated carbocycles. The summed E-state index contributed by atoms with van der Waals surface area (Å²) in [6.07, 6.45) is -0.0832. The Morgan fingerprint density at radius 2 is 2.24 bits per heavy atom. The number of urea groups is 1. The second-order valence-electron chi connectivity index (χ2n) is 4.89. The number of hydrogen-bond acceptors (Lipinski definition) is 3. The number of carboxylic acids is 1. The fourth-order valence-corrected chi connectivity index (χ4v) is 2.16. The molecule has 2 N–H and O–H groups in total. The number of rotatable bonds is 4. The molecule has 2 amide bonds. The fraction of sp³-hybridized carbons (Fsp3) is 0.429. The molecule has 1 aromatic rings. The van der Waals surface area contributed by atoms with Gasteiger partial charge in [-0.25, -0.2) is 14.0 Å². The minimum absolute atomic E-state index is 0.224. The van der Waals surface area contributed by atoms with Crippen molar-refractivity contribution in [2.75, 3.05) is 18.5 Å². The average Bonchev–Trinajstić information content (AvgIpc) is 2.93. The van der Waals surface area contributed by atoms with Gasteiger partial charge in [0.25, 0.3) is 0 Å². The highest BCUT2D eigenvalue weighted by atomic mass is 19.1. The van der Waals surface area contributed by atoms with Gasteiger partial charge in [0, 0.05) is 19.3 Å². The molecule has 2 rings (SSSR count). The number of carbonyl (C=O) groups is 2. The van der Waals surface area contributed by atoms with E-state index in [1.165, 1.54) is 30.1 Å². The molecule has 1 aromatic carbocycles. The van der Waals surface area contributed by atoms with Gasteiger partial charge in [0.1, 0.15) is 5.82 Å². The third kappa shape index (κ3) is 3.91. The van der Waals surface area contributed by atoms with Gasteiger partial charge in [-0.1, -0.05) is 6.07 Å². The Labute approximate surface area is 121 Å². The zero-order valence-electron chi connectivity index (χ0n) is 11.6. The summed E-state index contributed by atoms with van der Waals surface area (Å²) in [6, 6.07) is 5.30. The first-order valence-electron chi connectivity index (χ1n) is 6.63. The second-order valence-corrected chi connectivity index (χ2v) is 4.89. The lowest BCUT2D eigenvalue weighted by molar-refractivity contribution is -0.149. The molecule has 0 aromatic heterocycles. The zero-order chi connectivity index (χ0) is 15.4. The molecule has 6 nitrogen and oxygen atoms in total. The van der Waals surface area contributed by atoms with Crippen molar-refractivity contribution in [3.8, 4) is 0 Å². The summed E-state index contributed by atoms with van der Waals surface area (Å²) in [7, 11) is 1.53. The predicted octanol–water partition coefficient (Wildman–Crippen LogP) is 1.60. The predicted molar refractivity (Wildman–Crippen MR) is 73.7 cm³/mol. The van der Waals surface area contributed by atoms with Gasteiger partial charge in [-0.05, 0) is 31.0 Å². The van der Waals surface area contributed by atoms with Crippen molar-refractivity contribution in [3.05, 3.63) is 30.1 Å². The lowest BCUT2D eigenvalue weighted by atomic mass is 10.2. The fourth-order valence-electron chi connectivity index (χ4n) is 2.16.